The highest BCUT2D eigenvalue weighted by Gasteiger charge is 2.19. The topological polar surface area (TPSA) is 71.0 Å². The fourth-order valence-corrected chi connectivity index (χ4v) is 2.61. The molecule has 120 valence electrons. The van der Waals surface area contributed by atoms with Crippen LogP contribution in [0, 0.1) is 5.92 Å². The molecule has 3 heterocycles. The maximum Gasteiger partial charge on any atom is 0.270 e. The van der Waals surface area contributed by atoms with Crippen molar-refractivity contribution in [3.8, 4) is 0 Å². The van der Waals surface area contributed by atoms with Crippen molar-refractivity contribution in [3.05, 3.63) is 48.0 Å². The van der Waals surface area contributed by atoms with Gasteiger partial charge in [-0.05, 0) is 42.5 Å². The molecule has 1 fully saturated rings. The van der Waals surface area contributed by atoms with Gasteiger partial charge in [0.15, 0.2) is 0 Å². The quantitative estimate of drug-likeness (QED) is 0.935. The van der Waals surface area contributed by atoms with Crippen LogP contribution >= 0.6 is 0 Å². The zero-order valence-electron chi connectivity index (χ0n) is 13.3. The molecule has 1 N–H and O–H groups in total. The summed E-state index contributed by atoms with van der Waals surface area (Å²) >= 11 is 0. The van der Waals surface area contributed by atoms with Crippen LogP contribution in [0.1, 0.15) is 35.8 Å². The first-order valence-electron chi connectivity index (χ1n) is 7.97. The minimum Gasteiger partial charge on any atom is -0.347 e. The molecule has 6 nitrogen and oxygen atoms in total. The molecule has 0 saturated carbocycles. The Bertz CT molecular complexity index is 653. The smallest absolute Gasteiger partial charge is 0.270 e. The second-order valence-electron chi connectivity index (χ2n) is 5.95. The molecule has 0 aromatic carbocycles. The molecule has 0 atom stereocenters. The molecule has 0 bridgehead atoms. The maximum atomic E-state index is 12.3. The lowest BCUT2D eigenvalue weighted by Crippen LogP contribution is -2.34. The van der Waals surface area contributed by atoms with E-state index in [1.54, 1.807) is 24.7 Å². The number of nitrogens with one attached hydrogen (secondary N) is 1. The van der Waals surface area contributed by atoms with Crippen molar-refractivity contribution in [2.24, 2.45) is 5.92 Å². The van der Waals surface area contributed by atoms with Crippen molar-refractivity contribution in [1.29, 1.82) is 0 Å². The molecule has 0 unspecified atom stereocenters. The number of hydrogen-bond acceptors (Lipinski definition) is 5. The van der Waals surface area contributed by atoms with Crippen LogP contribution in [0.2, 0.25) is 0 Å². The normalized spacial score (nSPS) is 15.4. The van der Waals surface area contributed by atoms with E-state index in [4.69, 9.17) is 0 Å². The van der Waals surface area contributed by atoms with E-state index < -0.39 is 0 Å². The summed E-state index contributed by atoms with van der Waals surface area (Å²) in [5, 5.41) is 2.88. The fourth-order valence-electron chi connectivity index (χ4n) is 2.61. The third kappa shape index (κ3) is 4.03. The van der Waals surface area contributed by atoms with Crippen LogP contribution in [0.5, 0.6) is 0 Å². The number of piperidine rings is 1. The Hall–Kier alpha value is -2.50. The van der Waals surface area contributed by atoms with Crippen LogP contribution < -0.4 is 10.2 Å². The molecule has 0 radical (unpaired) electrons. The first kappa shape index (κ1) is 15.4. The lowest BCUT2D eigenvalue weighted by Gasteiger charge is -2.30. The molecule has 2 aromatic heterocycles. The monoisotopic (exact) mass is 311 g/mol. The van der Waals surface area contributed by atoms with Crippen LogP contribution in [-0.4, -0.2) is 33.9 Å². The summed E-state index contributed by atoms with van der Waals surface area (Å²) in [4.78, 5) is 27.1. The minimum absolute atomic E-state index is 0.184. The molecule has 1 aliphatic rings. The molecule has 6 heteroatoms. The summed E-state index contributed by atoms with van der Waals surface area (Å²) in [5.74, 6) is 1.21. The number of anilines is 1. The minimum atomic E-state index is -0.184. The van der Waals surface area contributed by atoms with Gasteiger partial charge in [0, 0.05) is 38.2 Å². The van der Waals surface area contributed by atoms with E-state index >= 15 is 0 Å². The Morgan fingerprint density at radius 1 is 1.22 bits per heavy atom. The number of aromatic nitrogens is 3. The average molecular weight is 311 g/mol. The highest BCUT2D eigenvalue weighted by atomic mass is 16.1. The van der Waals surface area contributed by atoms with Gasteiger partial charge in [0.1, 0.15) is 5.69 Å². The van der Waals surface area contributed by atoms with E-state index in [1.807, 2.05) is 12.1 Å². The van der Waals surface area contributed by atoms with Gasteiger partial charge in [-0.25, -0.2) is 9.97 Å². The van der Waals surface area contributed by atoms with Gasteiger partial charge in [-0.1, -0.05) is 6.92 Å². The van der Waals surface area contributed by atoms with E-state index in [0.717, 1.165) is 37.4 Å². The van der Waals surface area contributed by atoms with Gasteiger partial charge in [-0.15, -0.1) is 0 Å². The van der Waals surface area contributed by atoms with Crippen molar-refractivity contribution in [2.45, 2.75) is 26.3 Å². The van der Waals surface area contributed by atoms with Crippen LogP contribution in [0.25, 0.3) is 0 Å². The number of pyridine rings is 1. The lowest BCUT2D eigenvalue weighted by molar-refractivity contribution is 0.0945. The Kier molecular flexibility index (Phi) is 4.80. The molecule has 0 spiro atoms. The summed E-state index contributed by atoms with van der Waals surface area (Å²) < 4.78 is 0. The molecule has 2 aromatic rings. The predicted octanol–water partition coefficient (Wildman–Crippen LogP) is 2.04. The Labute approximate surface area is 136 Å². The molecule has 0 aliphatic carbocycles. The van der Waals surface area contributed by atoms with E-state index in [1.165, 1.54) is 0 Å². The zero-order chi connectivity index (χ0) is 16.1. The van der Waals surface area contributed by atoms with Gasteiger partial charge in [0.05, 0.1) is 0 Å². The van der Waals surface area contributed by atoms with Gasteiger partial charge in [-0.2, -0.15) is 0 Å². The average Bonchev–Trinajstić information content (AvgIpc) is 2.61. The van der Waals surface area contributed by atoms with Crippen molar-refractivity contribution in [1.82, 2.24) is 20.3 Å². The van der Waals surface area contributed by atoms with Crippen LogP contribution in [0.3, 0.4) is 0 Å². The molecular formula is C17H21N5O. The van der Waals surface area contributed by atoms with Gasteiger partial charge in [0.25, 0.3) is 5.91 Å². The predicted molar refractivity (Wildman–Crippen MR) is 88.1 cm³/mol. The number of rotatable bonds is 4. The summed E-state index contributed by atoms with van der Waals surface area (Å²) in [6.45, 7) is 4.62. The van der Waals surface area contributed by atoms with Gasteiger partial charge in [-0.3, -0.25) is 9.78 Å². The first-order chi connectivity index (χ1) is 11.2. The van der Waals surface area contributed by atoms with E-state index in [2.05, 4.69) is 32.1 Å². The van der Waals surface area contributed by atoms with Gasteiger partial charge < -0.3 is 10.2 Å². The van der Waals surface area contributed by atoms with Crippen LogP contribution in [0.15, 0.2) is 36.8 Å². The molecule has 3 rings (SSSR count). The molecule has 1 aliphatic heterocycles. The molecule has 23 heavy (non-hydrogen) atoms. The second kappa shape index (κ2) is 7.17. The van der Waals surface area contributed by atoms with E-state index in [9.17, 15) is 4.79 Å². The highest BCUT2D eigenvalue weighted by molar-refractivity contribution is 5.92. The van der Waals surface area contributed by atoms with Crippen molar-refractivity contribution < 1.29 is 4.79 Å². The van der Waals surface area contributed by atoms with Crippen molar-refractivity contribution in [3.63, 3.8) is 0 Å². The first-order valence-corrected chi connectivity index (χ1v) is 7.97. The highest BCUT2D eigenvalue weighted by Crippen LogP contribution is 2.19. The third-order valence-electron chi connectivity index (χ3n) is 4.14. The largest absolute Gasteiger partial charge is 0.347 e. The van der Waals surface area contributed by atoms with Gasteiger partial charge in [0.2, 0.25) is 5.95 Å². The second-order valence-corrected chi connectivity index (χ2v) is 5.95. The number of hydrogen-bond donors (Lipinski definition) is 1. The third-order valence-corrected chi connectivity index (χ3v) is 4.14. The Morgan fingerprint density at radius 3 is 2.70 bits per heavy atom. The summed E-state index contributed by atoms with van der Waals surface area (Å²) in [6.07, 6.45) is 7.36. The van der Waals surface area contributed by atoms with Crippen LogP contribution in [-0.2, 0) is 6.54 Å². The molecular weight excluding hydrogens is 290 g/mol. The van der Waals surface area contributed by atoms with Crippen LogP contribution in [0.4, 0.5) is 5.95 Å². The number of carbonyl (C=O) groups is 1. The van der Waals surface area contributed by atoms with Gasteiger partial charge >= 0.3 is 0 Å². The van der Waals surface area contributed by atoms with E-state index in [0.29, 0.717) is 18.2 Å². The zero-order valence-corrected chi connectivity index (χ0v) is 13.3. The van der Waals surface area contributed by atoms with E-state index in [-0.39, 0.29) is 5.91 Å². The molecule has 1 saturated heterocycles. The number of nitrogens with zero attached hydrogens (tertiary/aromatic N) is 4. The Morgan fingerprint density at radius 2 is 1.96 bits per heavy atom. The van der Waals surface area contributed by atoms with Crippen molar-refractivity contribution >= 4 is 11.9 Å². The molecule has 1 amide bonds. The maximum absolute atomic E-state index is 12.3. The standard InChI is InChI=1S/C17H21N5O/c1-13-5-10-22(11-6-13)17-19-9-4-15(21-17)16(23)20-12-14-2-7-18-8-3-14/h2-4,7-9,13H,5-6,10-12H2,1H3,(H,20,23). The Balaban J connectivity index is 1.63. The number of carbonyl (C=O) groups excluding carboxylic acids is 1. The number of amides is 1. The fraction of sp³-hybridized carbons (Fsp3) is 0.412. The SMILES string of the molecule is CC1CCN(c2nccc(C(=O)NCc3ccncc3)n2)CC1. The summed E-state index contributed by atoms with van der Waals surface area (Å²) in [7, 11) is 0. The lowest BCUT2D eigenvalue weighted by atomic mass is 10.00. The summed E-state index contributed by atoms with van der Waals surface area (Å²) in [5.41, 5.74) is 1.41. The summed E-state index contributed by atoms with van der Waals surface area (Å²) in [6, 6.07) is 5.40. The van der Waals surface area contributed by atoms with Crippen molar-refractivity contribution in [2.75, 3.05) is 18.0 Å².